The van der Waals surface area contributed by atoms with E-state index in [2.05, 4.69) is 30.9 Å². The number of fused-ring (bicyclic) bond motifs is 1. The minimum atomic E-state index is -0.636. The van der Waals surface area contributed by atoms with Crippen molar-refractivity contribution in [3.05, 3.63) is 72.8 Å². The van der Waals surface area contributed by atoms with Crippen LogP contribution in [0.3, 0.4) is 0 Å². The molecule has 204 valence electrons. The Morgan fingerprint density at radius 1 is 1.07 bits per heavy atom. The number of likely N-dealkylation sites (tertiary alicyclic amines) is 1. The van der Waals surface area contributed by atoms with Gasteiger partial charge in [0.15, 0.2) is 17.9 Å². The fourth-order valence-electron chi connectivity index (χ4n) is 5.94. The summed E-state index contributed by atoms with van der Waals surface area (Å²) in [5.74, 6) is 0.0912. The molecule has 40 heavy (non-hydrogen) atoms. The van der Waals surface area contributed by atoms with Crippen LogP contribution in [-0.4, -0.2) is 71.1 Å². The molecular formula is C28H28N8O4. The molecule has 2 fully saturated rings. The Balaban J connectivity index is 1.31. The number of nitrogens with zero attached hydrogens (tertiary/aromatic N) is 7. The fraction of sp³-hybridized carbons (Fsp3) is 0.321. The molecule has 0 radical (unpaired) electrons. The monoisotopic (exact) mass is 540 g/mol. The number of hydrogen-bond acceptors (Lipinski definition) is 9. The molecule has 6 heterocycles. The van der Waals surface area contributed by atoms with Crippen molar-refractivity contribution in [3.63, 3.8) is 0 Å². The number of rotatable bonds is 5. The van der Waals surface area contributed by atoms with Crippen LogP contribution in [0.4, 0.5) is 5.82 Å². The largest absolute Gasteiger partial charge is 0.451 e. The van der Waals surface area contributed by atoms with Crippen LogP contribution >= 0.6 is 0 Å². The van der Waals surface area contributed by atoms with Crippen molar-refractivity contribution in [1.82, 2.24) is 34.3 Å². The van der Waals surface area contributed by atoms with E-state index < -0.39 is 6.10 Å². The Morgan fingerprint density at radius 2 is 1.95 bits per heavy atom. The number of amides is 1. The number of anilines is 1. The number of nitrogen functional groups attached to an aromatic ring is 1. The maximum Gasteiger partial charge on any atom is 0.276 e. The van der Waals surface area contributed by atoms with E-state index in [0.29, 0.717) is 31.0 Å². The summed E-state index contributed by atoms with van der Waals surface area (Å²) < 4.78 is 14.4. The van der Waals surface area contributed by atoms with Gasteiger partial charge in [-0.3, -0.25) is 9.48 Å². The predicted octanol–water partition coefficient (Wildman–Crippen LogP) is 3.13. The molecule has 12 nitrogen and oxygen atoms in total. The lowest BCUT2D eigenvalue weighted by Crippen LogP contribution is -2.32. The standard InChI is InChI=1S/C28H28N8O4/c29-27-26-21(23-4-7-32-35(23)19-5-8-39-9-6-19)12-25(36(26)33-15-30-27)18-3-1-2-17(10-18)24-11-20(37)13-34(24)28(38)22-14-40-16-31-22/h1-4,7,10,12,14-16,19-20,24,37H,5-6,8-9,11,13H2,(H2,29,30,33)/t20-,24+/m1/s1. The number of nitrogens with two attached hydrogens (primary N) is 1. The predicted molar refractivity (Wildman–Crippen MR) is 144 cm³/mol. The molecule has 3 N–H and O–H groups in total. The van der Waals surface area contributed by atoms with Gasteiger partial charge in [-0.25, -0.2) is 14.5 Å². The molecule has 4 aromatic heterocycles. The number of carbonyl (C=O) groups excluding carboxylic acids is 1. The number of aliphatic hydroxyl groups is 1. The summed E-state index contributed by atoms with van der Waals surface area (Å²) >= 11 is 0. The van der Waals surface area contributed by atoms with Gasteiger partial charge in [0.25, 0.3) is 5.91 Å². The van der Waals surface area contributed by atoms with Gasteiger partial charge in [0.05, 0.1) is 29.6 Å². The first-order valence-corrected chi connectivity index (χ1v) is 13.3. The zero-order chi connectivity index (χ0) is 27.2. The fourth-order valence-corrected chi connectivity index (χ4v) is 5.94. The molecule has 2 aliphatic heterocycles. The van der Waals surface area contributed by atoms with Crippen LogP contribution in [0.5, 0.6) is 0 Å². The van der Waals surface area contributed by atoms with Gasteiger partial charge in [-0.15, -0.1) is 0 Å². The van der Waals surface area contributed by atoms with E-state index in [1.54, 1.807) is 15.6 Å². The highest BCUT2D eigenvalue weighted by molar-refractivity contribution is 5.93. The van der Waals surface area contributed by atoms with Crippen molar-refractivity contribution in [2.75, 3.05) is 25.5 Å². The van der Waals surface area contributed by atoms with E-state index in [9.17, 15) is 9.90 Å². The van der Waals surface area contributed by atoms with E-state index in [0.717, 1.165) is 40.9 Å². The van der Waals surface area contributed by atoms with E-state index in [-0.39, 0.29) is 30.2 Å². The minimum Gasteiger partial charge on any atom is -0.451 e. The first kappa shape index (κ1) is 24.5. The summed E-state index contributed by atoms with van der Waals surface area (Å²) in [6.45, 7) is 1.63. The number of ether oxygens (including phenoxy) is 1. The molecule has 0 aliphatic carbocycles. The van der Waals surface area contributed by atoms with Gasteiger partial charge in [-0.2, -0.15) is 10.2 Å². The molecule has 2 saturated heterocycles. The summed E-state index contributed by atoms with van der Waals surface area (Å²) in [5, 5.41) is 19.7. The van der Waals surface area contributed by atoms with Crippen molar-refractivity contribution in [2.45, 2.75) is 37.5 Å². The number of β-amino-alcohol motifs (C(OH)–C–C–N with tert-alkyl or cyclic N) is 1. The highest BCUT2D eigenvalue weighted by atomic mass is 16.5. The average molecular weight is 541 g/mol. The summed E-state index contributed by atoms with van der Waals surface area (Å²) in [6, 6.07) is 11.9. The Kier molecular flexibility index (Phi) is 6.05. The Labute approximate surface area is 229 Å². The Hall–Kier alpha value is -4.55. The van der Waals surface area contributed by atoms with Crippen LogP contribution < -0.4 is 5.73 Å². The van der Waals surface area contributed by atoms with Crippen LogP contribution in [0.1, 0.15) is 47.4 Å². The number of aromatic nitrogens is 6. The smallest absolute Gasteiger partial charge is 0.276 e. The molecule has 0 bridgehead atoms. The van der Waals surface area contributed by atoms with Crippen LogP contribution in [0.25, 0.3) is 28.0 Å². The van der Waals surface area contributed by atoms with Gasteiger partial charge in [0, 0.05) is 37.1 Å². The van der Waals surface area contributed by atoms with E-state index in [4.69, 9.17) is 14.9 Å². The molecule has 0 spiro atoms. The second-order valence-corrected chi connectivity index (χ2v) is 10.2. The average Bonchev–Trinajstić information content (AvgIpc) is 3.79. The van der Waals surface area contributed by atoms with Crippen molar-refractivity contribution in [3.8, 4) is 22.5 Å². The van der Waals surface area contributed by atoms with Gasteiger partial charge < -0.3 is 24.9 Å². The Morgan fingerprint density at radius 3 is 2.77 bits per heavy atom. The molecule has 0 saturated carbocycles. The molecule has 1 amide bonds. The second kappa shape index (κ2) is 9.88. The van der Waals surface area contributed by atoms with E-state index >= 15 is 0 Å². The van der Waals surface area contributed by atoms with Gasteiger partial charge in [-0.1, -0.05) is 18.2 Å². The van der Waals surface area contributed by atoms with Crippen molar-refractivity contribution in [1.29, 1.82) is 0 Å². The topological polar surface area (TPSA) is 150 Å². The zero-order valence-corrected chi connectivity index (χ0v) is 21.6. The lowest BCUT2D eigenvalue weighted by atomic mass is 9.99. The number of benzene rings is 1. The third kappa shape index (κ3) is 4.12. The summed E-state index contributed by atoms with van der Waals surface area (Å²) in [4.78, 5) is 23.1. The molecule has 2 aliphatic rings. The minimum absolute atomic E-state index is 0.214. The van der Waals surface area contributed by atoms with Crippen molar-refractivity contribution < 1.29 is 19.1 Å². The van der Waals surface area contributed by atoms with E-state index in [1.165, 1.54) is 19.0 Å². The quantitative estimate of drug-likeness (QED) is 0.343. The highest BCUT2D eigenvalue weighted by Gasteiger charge is 2.37. The van der Waals surface area contributed by atoms with E-state index in [1.807, 2.05) is 30.3 Å². The van der Waals surface area contributed by atoms with Gasteiger partial charge in [-0.05, 0) is 43.0 Å². The third-order valence-electron chi connectivity index (χ3n) is 7.82. The SMILES string of the molecule is Nc1ncnn2c(-c3cccc([C@@H]4C[C@@H](O)CN4C(=O)c4cocn4)c3)cc(-c3ccnn3C3CCOCC3)c12. The first-order chi connectivity index (χ1) is 19.6. The first-order valence-electron chi connectivity index (χ1n) is 13.3. The maximum atomic E-state index is 13.1. The molecule has 0 unspecified atom stereocenters. The Bertz CT molecular complexity index is 1670. The van der Waals surface area contributed by atoms with Crippen LogP contribution in [0.2, 0.25) is 0 Å². The summed E-state index contributed by atoms with van der Waals surface area (Å²) in [7, 11) is 0. The number of carbonyl (C=O) groups is 1. The molecular weight excluding hydrogens is 512 g/mol. The van der Waals surface area contributed by atoms with Crippen molar-refractivity contribution in [2.24, 2.45) is 0 Å². The van der Waals surface area contributed by atoms with Gasteiger partial charge >= 0.3 is 0 Å². The number of oxazole rings is 1. The molecule has 5 aromatic rings. The molecule has 7 rings (SSSR count). The number of aliphatic hydroxyl groups excluding tert-OH is 1. The van der Waals surface area contributed by atoms with Crippen LogP contribution in [0.15, 0.2) is 66.0 Å². The van der Waals surface area contributed by atoms with Crippen LogP contribution in [-0.2, 0) is 4.74 Å². The third-order valence-corrected chi connectivity index (χ3v) is 7.82. The molecule has 2 atom stereocenters. The van der Waals surface area contributed by atoms with Crippen molar-refractivity contribution >= 4 is 17.2 Å². The molecule has 12 heteroatoms. The van der Waals surface area contributed by atoms with Gasteiger partial charge in [0.2, 0.25) is 0 Å². The number of hydrogen-bond donors (Lipinski definition) is 2. The highest BCUT2D eigenvalue weighted by Crippen LogP contribution is 2.39. The summed E-state index contributed by atoms with van der Waals surface area (Å²) in [5.41, 5.74) is 11.8. The second-order valence-electron chi connectivity index (χ2n) is 10.2. The molecule has 1 aromatic carbocycles. The zero-order valence-electron chi connectivity index (χ0n) is 21.6. The normalized spacial score (nSPS) is 20.0. The lowest BCUT2D eigenvalue weighted by Gasteiger charge is -2.24. The van der Waals surface area contributed by atoms with Gasteiger partial charge in [0.1, 0.15) is 18.1 Å². The lowest BCUT2D eigenvalue weighted by molar-refractivity contribution is 0.0667. The summed E-state index contributed by atoms with van der Waals surface area (Å²) in [6.07, 6.45) is 7.36. The van der Waals surface area contributed by atoms with Crippen LogP contribution in [0, 0.1) is 0 Å². The maximum absolute atomic E-state index is 13.1.